The second kappa shape index (κ2) is 5.90. The molecule has 1 aromatic rings. The summed E-state index contributed by atoms with van der Waals surface area (Å²) >= 11 is 0. The molecule has 0 aliphatic heterocycles. The highest BCUT2D eigenvalue weighted by Gasteiger charge is 2.09. The Kier molecular flexibility index (Phi) is 4.51. The summed E-state index contributed by atoms with van der Waals surface area (Å²) in [7, 11) is 0. The van der Waals surface area contributed by atoms with Crippen LogP contribution in [0.1, 0.15) is 19.4 Å². The number of hydrogen-bond acceptors (Lipinski definition) is 3. The molecule has 4 heteroatoms. The maximum absolute atomic E-state index is 10.8. The van der Waals surface area contributed by atoms with E-state index in [2.05, 4.69) is 4.90 Å². The van der Waals surface area contributed by atoms with E-state index in [1.807, 2.05) is 20.0 Å². The molecule has 0 unspecified atom stereocenters. The third kappa shape index (κ3) is 3.08. The van der Waals surface area contributed by atoms with Gasteiger partial charge in [0.1, 0.15) is 0 Å². The van der Waals surface area contributed by atoms with Crippen molar-refractivity contribution in [3.63, 3.8) is 0 Å². The minimum absolute atomic E-state index is 0.144. The molecule has 0 N–H and O–H groups in total. The average Bonchev–Trinajstić information content (AvgIpc) is 2.30. The molecule has 0 spiro atoms. The SMILES string of the molecule is CCN(C=Cc1ccccc1[N+](=O)[O-])CC. The number of nitro benzene ring substituents is 1. The van der Waals surface area contributed by atoms with Crippen molar-refractivity contribution in [3.05, 3.63) is 46.1 Å². The molecule has 0 aliphatic carbocycles. The first-order valence-corrected chi connectivity index (χ1v) is 5.34. The Morgan fingerprint density at radius 3 is 2.50 bits per heavy atom. The molecule has 0 atom stereocenters. The zero-order chi connectivity index (χ0) is 12.0. The van der Waals surface area contributed by atoms with Crippen molar-refractivity contribution in [1.29, 1.82) is 0 Å². The quantitative estimate of drug-likeness (QED) is 0.566. The maximum atomic E-state index is 10.8. The normalized spacial score (nSPS) is 10.6. The Balaban J connectivity index is 2.92. The van der Waals surface area contributed by atoms with Crippen molar-refractivity contribution in [2.45, 2.75) is 13.8 Å². The van der Waals surface area contributed by atoms with Crippen molar-refractivity contribution < 1.29 is 4.92 Å². The fraction of sp³-hybridized carbons (Fsp3) is 0.333. The van der Waals surface area contributed by atoms with E-state index in [0.29, 0.717) is 5.56 Å². The Labute approximate surface area is 95.3 Å². The zero-order valence-corrected chi connectivity index (χ0v) is 9.59. The Bertz CT molecular complexity index is 384. The fourth-order valence-electron chi connectivity index (χ4n) is 1.41. The van der Waals surface area contributed by atoms with Crippen molar-refractivity contribution >= 4 is 11.8 Å². The van der Waals surface area contributed by atoms with E-state index in [1.165, 1.54) is 6.07 Å². The first-order valence-electron chi connectivity index (χ1n) is 5.34. The standard InChI is InChI=1S/C12H16N2O2/c1-3-13(4-2)10-9-11-7-5-6-8-12(11)14(15)16/h5-10H,3-4H2,1-2H3. The molecule has 0 fully saturated rings. The van der Waals surface area contributed by atoms with Crippen molar-refractivity contribution in [3.8, 4) is 0 Å². The van der Waals surface area contributed by atoms with Crippen LogP contribution >= 0.6 is 0 Å². The maximum Gasteiger partial charge on any atom is 0.276 e. The number of nitro groups is 1. The monoisotopic (exact) mass is 220 g/mol. The zero-order valence-electron chi connectivity index (χ0n) is 9.59. The van der Waals surface area contributed by atoms with Crippen LogP contribution < -0.4 is 0 Å². The summed E-state index contributed by atoms with van der Waals surface area (Å²) < 4.78 is 0. The third-order valence-electron chi connectivity index (χ3n) is 2.41. The lowest BCUT2D eigenvalue weighted by atomic mass is 10.2. The van der Waals surface area contributed by atoms with Crippen LogP contribution in [-0.4, -0.2) is 22.9 Å². The molecule has 1 rings (SSSR count). The summed E-state index contributed by atoms with van der Waals surface area (Å²) in [6, 6.07) is 6.74. The minimum atomic E-state index is -0.359. The number of nitrogens with zero attached hydrogens (tertiary/aromatic N) is 2. The van der Waals surface area contributed by atoms with Crippen LogP contribution in [0.5, 0.6) is 0 Å². The van der Waals surface area contributed by atoms with Crippen LogP contribution in [0.25, 0.3) is 6.08 Å². The third-order valence-corrected chi connectivity index (χ3v) is 2.41. The van der Waals surface area contributed by atoms with Gasteiger partial charge in [0.15, 0.2) is 0 Å². The Morgan fingerprint density at radius 2 is 1.94 bits per heavy atom. The van der Waals surface area contributed by atoms with E-state index in [1.54, 1.807) is 24.3 Å². The smallest absolute Gasteiger partial charge is 0.276 e. The molecule has 0 heterocycles. The molecule has 4 nitrogen and oxygen atoms in total. The average molecular weight is 220 g/mol. The summed E-state index contributed by atoms with van der Waals surface area (Å²) in [4.78, 5) is 12.5. The molecule has 0 saturated carbocycles. The molecule has 0 aromatic heterocycles. The Hall–Kier alpha value is -1.84. The van der Waals surface area contributed by atoms with Crippen molar-refractivity contribution in [2.75, 3.05) is 13.1 Å². The molecule has 0 bridgehead atoms. The largest absolute Gasteiger partial charge is 0.378 e. The van der Waals surface area contributed by atoms with E-state index in [9.17, 15) is 10.1 Å². The van der Waals surface area contributed by atoms with Gasteiger partial charge in [-0.05, 0) is 32.2 Å². The van der Waals surface area contributed by atoms with Crippen LogP contribution in [0.4, 0.5) is 5.69 Å². The molecule has 0 amide bonds. The summed E-state index contributed by atoms with van der Waals surface area (Å²) in [5, 5.41) is 10.8. The van der Waals surface area contributed by atoms with E-state index in [4.69, 9.17) is 0 Å². The highest BCUT2D eigenvalue weighted by Crippen LogP contribution is 2.19. The van der Waals surface area contributed by atoms with Gasteiger partial charge in [0.05, 0.1) is 10.5 Å². The molecule has 0 aliphatic rings. The van der Waals surface area contributed by atoms with Gasteiger partial charge in [-0.15, -0.1) is 0 Å². The predicted molar refractivity (Wildman–Crippen MR) is 65.1 cm³/mol. The van der Waals surface area contributed by atoms with Gasteiger partial charge in [0.2, 0.25) is 0 Å². The topological polar surface area (TPSA) is 46.4 Å². The lowest BCUT2D eigenvalue weighted by Gasteiger charge is -2.14. The first-order chi connectivity index (χ1) is 7.69. The van der Waals surface area contributed by atoms with Crippen LogP contribution in [0.15, 0.2) is 30.5 Å². The molecule has 1 aromatic carbocycles. The summed E-state index contributed by atoms with van der Waals surface area (Å²) in [5.41, 5.74) is 0.783. The molecule has 0 saturated heterocycles. The first kappa shape index (κ1) is 12.2. The van der Waals surface area contributed by atoms with Crippen LogP contribution in [0.3, 0.4) is 0 Å². The predicted octanol–water partition coefficient (Wildman–Crippen LogP) is 2.91. The van der Waals surface area contributed by atoms with Gasteiger partial charge in [0.25, 0.3) is 5.69 Å². The van der Waals surface area contributed by atoms with E-state index >= 15 is 0 Å². The van der Waals surface area contributed by atoms with Crippen LogP contribution in [0, 0.1) is 10.1 Å². The van der Waals surface area contributed by atoms with E-state index in [-0.39, 0.29) is 10.6 Å². The lowest BCUT2D eigenvalue weighted by molar-refractivity contribution is -0.385. The second-order valence-corrected chi connectivity index (χ2v) is 3.35. The summed E-state index contributed by atoms with van der Waals surface area (Å²) in [6.07, 6.45) is 3.67. The van der Waals surface area contributed by atoms with Gasteiger partial charge >= 0.3 is 0 Å². The highest BCUT2D eigenvalue weighted by atomic mass is 16.6. The number of benzene rings is 1. The molecule has 86 valence electrons. The van der Waals surface area contributed by atoms with Crippen LogP contribution in [-0.2, 0) is 0 Å². The van der Waals surface area contributed by atoms with E-state index < -0.39 is 0 Å². The highest BCUT2D eigenvalue weighted by molar-refractivity contribution is 5.60. The molecular weight excluding hydrogens is 204 g/mol. The van der Waals surface area contributed by atoms with Gasteiger partial charge in [-0.25, -0.2) is 0 Å². The number of para-hydroxylation sites is 1. The molecule has 0 radical (unpaired) electrons. The fourth-order valence-corrected chi connectivity index (χ4v) is 1.41. The molecular formula is C12H16N2O2. The van der Waals surface area contributed by atoms with Gasteiger partial charge in [-0.2, -0.15) is 0 Å². The van der Waals surface area contributed by atoms with Gasteiger partial charge in [-0.1, -0.05) is 12.1 Å². The second-order valence-electron chi connectivity index (χ2n) is 3.35. The lowest BCUT2D eigenvalue weighted by Crippen LogP contribution is -2.14. The summed E-state index contributed by atoms with van der Waals surface area (Å²) in [5.74, 6) is 0. The van der Waals surface area contributed by atoms with Gasteiger partial charge in [-0.3, -0.25) is 10.1 Å². The van der Waals surface area contributed by atoms with Crippen LogP contribution in [0.2, 0.25) is 0 Å². The Morgan fingerprint density at radius 1 is 1.31 bits per heavy atom. The number of rotatable bonds is 5. The minimum Gasteiger partial charge on any atom is -0.378 e. The van der Waals surface area contributed by atoms with Gasteiger partial charge in [0, 0.05) is 19.2 Å². The van der Waals surface area contributed by atoms with Gasteiger partial charge < -0.3 is 4.90 Å². The van der Waals surface area contributed by atoms with E-state index in [0.717, 1.165) is 13.1 Å². The summed E-state index contributed by atoms with van der Waals surface area (Å²) in [6.45, 7) is 5.89. The molecule has 16 heavy (non-hydrogen) atoms. The number of hydrogen-bond donors (Lipinski definition) is 0. The van der Waals surface area contributed by atoms with Crippen molar-refractivity contribution in [1.82, 2.24) is 4.90 Å². The van der Waals surface area contributed by atoms with Crippen molar-refractivity contribution in [2.24, 2.45) is 0 Å².